The van der Waals surface area contributed by atoms with E-state index in [1.54, 1.807) is 24.3 Å². The molecular formula is C18H21N3O4. The molecule has 0 aliphatic heterocycles. The number of nitrogens with zero attached hydrogens (tertiary/aromatic N) is 1. The van der Waals surface area contributed by atoms with Crippen LogP contribution in [-0.4, -0.2) is 33.8 Å². The minimum atomic E-state index is -1.05. The molecule has 1 aromatic heterocycles. The first-order valence-electron chi connectivity index (χ1n) is 8.43. The Morgan fingerprint density at radius 3 is 2.60 bits per heavy atom. The number of benzene rings is 1. The third kappa shape index (κ3) is 4.59. The normalized spacial score (nSPS) is 14.9. The number of ether oxygens (including phenoxy) is 1. The maximum absolute atomic E-state index is 12.3. The fourth-order valence-electron chi connectivity index (χ4n) is 3.06. The lowest BCUT2D eigenvalue weighted by atomic mass is 9.87. The molecule has 2 aromatic rings. The maximum atomic E-state index is 12.3. The number of aromatic amines is 1. The molecule has 7 heteroatoms. The Balaban J connectivity index is 1.58. The van der Waals surface area contributed by atoms with Crippen molar-refractivity contribution < 1.29 is 19.4 Å². The van der Waals surface area contributed by atoms with Gasteiger partial charge in [0.1, 0.15) is 5.75 Å². The predicted octanol–water partition coefficient (Wildman–Crippen LogP) is 3.17. The van der Waals surface area contributed by atoms with Crippen LogP contribution in [0.5, 0.6) is 5.75 Å². The molecule has 3 rings (SSSR count). The van der Waals surface area contributed by atoms with Crippen molar-refractivity contribution in [2.45, 2.75) is 38.0 Å². The van der Waals surface area contributed by atoms with Crippen LogP contribution < -0.4 is 10.1 Å². The molecule has 25 heavy (non-hydrogen) atoms. The average Bonchev–Trinajstić information content (AvgIpc) is 3.09. The Morgan fingerprint density at radius 2 is 1.92 bits per heavy atom. The Hall–Kier alpha value is -2.83. The second-order valence-corrected chi connectivity index (χ2v) is 6.20. The highest BCUT2D eigenvalue weighted by molar-refractivity contribution is 6.03. The molecule has 0 saturated heterocycles. The smallest absolute Gasteiger partial charge is 0.341 e. The van der Waals surface area contributed by atoms with E-state index in [0.717, 1.165) is 18.5 Å². The summed E-state index contributed by atoms with van der Waals surface area (Å²) in [5.74, 6) is 0.0910. The molecule has 1 amide bonds. The third-order valence-electron chi connectivity index (χ3n) is 4.36. The first-order valence-corrected chi connectivity index (χ1v) is 8.43. The standard InChI is InChI=1S/C18H21N3O4/c22-17(23)11-25-14-8-6-13(7-9-14)18(24)19-16-10-15(20-21-16)12-4-2-1-3-5-12/h6-10,12H,1-5,11H2,(H,22,23)(H2,19,20,21,24). The fourth-order valence-corrected chi connectivity index (χ4v) is 3.06. The van der Waals surface area contributed by atoms with E-state index in [1.807, 2.05) is 6.07 Å². The molecule has 0 radical (unpaired) electrons. The number of aliphatic carboxylic acids is 1. The summed E-state index contributed by atoms with van der Waals surface area (Å²) in [6.45, 7) is -0.414. The van der Waals surface area contributed by atoms with Crippen LogP contribution in [0.1, 0.15) is 54.1 Å². The first kappa shape index (κ1) is 17.0. The number of hydrogen-bond donors (Lipinski definition) is 3. The zero-order chi connectivity index (χ0) is 17.6. The van der Waals surface area contributed by atoms with Gasteiger partial charge in [-0.3, -0.25) is 9.89 Å². The van der Waals surface area contributed by atoms with Crippen molar-refractivity contribution in [3.05, 3.63) is 41.6 Å². The van der Waals surface area contributed by atoms with Gasteiger partial charge in [-0.1, -0.05) is 19.3 Å². The number of carboxylic acids is 1. The Bertz CT molecular complexity index is 733. The van der Waals surface area contributed by atoms with Gasteiger partial charge in [0.25, 0.3) is 5.91 Å². The van der Waals surface area contributed by atoms with Crippen molar-refractivity contribution in [2.24, 2.45) is 0 Å². The summed E-state index contributed by atoms with van der Waals surface area (Å²) in [4.78, 5) is 22.7. The van der Waals surface area contributed by atoms with E-state index in [1.165, 1.54) is 19.3 Å². The highest BCUT2D eigenvalue weighted by Gasteiger charge is 2.18. The van der Waals surface area contributed by atoms with Gasteiger partial charge in [-0.25, -0.2) is 4.79 Å². The van der Waals surface area contributed by atoms with Crippen LogP contribution in [0.2, 0.25) is 0 Å². The van der Waals surface area contributed by atoms with Crippen molar-refractivity contribution >= 4 is 17.7 Å². The quantitative estimate of drug-likeness (QED) is 0.747. The minimum absolute atomic E-state index is 0.272. The van der Waals surface area contributed by atoms with E-state index < -0.39 is 12.6 Å². The molecule has 7 nitrogen and oxygen atoms in total. The van der Waals surface area contributed by atoms with Crippen LogP contribution in [0.3, 0.4) is 0 Å². The zero-order valence-corrected chi connectivity index (χ0v) is 13.8. The van der Waals surface area contributed by atoms with Crippen LogP contribution in [0, 0.1) is 0 Å². The number of H-pyrrole nitrogens is 1. The summed E-state index contributed by atoms with van der Waals surface area (Å²) < 4.78 is 5.04. The highest BCUT2D eigenvalue weighted by Crippen LogP contribution is 2.32. The monoisotopic (exact) mass is 343 g/mol. The topological polar surface area (TPSA) is 104 Å². The number of aromatic nitrogens is 2. The van der Waals surface area contributed by atoms with Crippen LogP contribution in [-0.2, 0) is 4.79 Å². The molecule has 0 spiro atoms. The summed E-state index contributed by atoms with van der Waals surface area (Å²) in [6, 6.07) is 8.20. The molecule has 1 aliphatic rings. The molecule has 1 aromatic carbocycles. The molecule has 3 N–H and O–H groups in total. The lowest BCUT2D eigenvalue weighted by Crippen LogP contribution is -2.12. The number of amides is 1. The van der Waals surface area contributed by atoms with Crippen molar-refractivity contribution in [2.75, 3.05) is 11.9 Å². The molecule has 0 unspecified atom stereocenters. The van der Waals surface area contributed by atoms with Gasteiger partial charge in [0.05, 0.1) is 0 Å². The number of carboxylic acid groups (broad SMARTS) is 1. The summed E-state index contributed by atoms with van der Waals surface area (Å²) in [5.41, 5.74) is 1.53. The number of hydrogen-bond acceptors (Lipinski definition) is 4. The van der Waals surface area contributed by atoms with Crippen molar-refractivity contribution in [1.29, 1.82) is 0 Å². The summed E-state index contributed by atoms with van der Waals surface area (Å²) >= 11 is 0. The van der Waals surface area contributed by atoms with Gasteiger partial charge in [-0.2, -0.15) is 5.10 Å². The molecule has 1 saturated carbocycles. The predicted molar refractivity (Wildman–Crippen MR) is 91.9 cm³/mol. The number of anilines is 1. The second kappa shape index (κ2) is 7.83. The molecule has 1 fully saturated rings. The SMILES string of the molecule is O=C(O)COc1ccc(C(=O)Nc2cc(C3CCCCC3)[nH]n2)cc1. The number of carbonyl (C=O) groups excluding carboxylic acids is 1. The van der Waals surface area contributed by atoms with Crippen LogP contribution in [0.4, 0.5) is 5.82 Å². The maximum Gasteiger partial charge on any atom is 0.341 e. The zero-order valence-electron chi connectivity index (χ0n) is 13.8. The van der Waals surface area contributed by atoms with E-state index in [-0.39, 0.29) is 5.91 Å². The molecule has 0 atom stereocenters. The van der Waals surface area contributed by atoms with E-state index in [0.29, 0.717) is 23.0 Å². The van der Waals surface area contributed by atoms with E-state index in [9.17, 15) is 9.59 Å². The van der Waals surface area contributed by atoms with E-state index >= 15 is 0 Å². The molecular weight excluding hydrogens is 322 g/mol. The molecule has 132 valence electrons. The number of rotatable bonds is 6. The molecule has 1 heterocycles. The third-order valence-corrected chi connectivity index (χ3v) is 4.36. The van der Waals surface area contributed by atoms with Gasteiger partial charge in [0, 0.05) is 23.2 Å². The Kier molecular flexibility index (Phi) is 5.33. The van der Waals surface area contributed by atoms with Gasteiger partial charge >= 0.3 is 5.97 Å². The van der Waals surface area contributed by atoms with E-state index in [2.05, 4.69) is 15.5 Å². The van der Waals surface area contributed by atoms with Crippen molar-refractivity contribution in [1.82, 2.24) is 10.2 Å². The number of carbonyl (C=O) groups is 2. The van der Waals surface area contributed by atoms with Gasteiger partial charge in [-0.05, 0) is 37.1 Å². The van der Waals surface area contributed by atoms with Gasteiger partial charge in [0.2, 0.25) is 0 Å². The summed E-state index contributed by atoms with van der Waals surface area (Å²) in [5, 5.41) is 18.6. The van der Waals surface area contributed by atoms with Gasteiger partial charge in [-0.15, -0.1) is 0 Å². The minimum Gasteiger partial charge on any atom is -0.482 e. The lowest BCUT2D eigenvalue weighted by Gasteiger charge is -2.19. The van der Waals surface area contributed by atoms with Crippen LogP contribution in [0.15, 0.2) is 30.3 Å². The number of nitrogens with one attached hydrogen (secondary N) is 2. The van der Waals surface area contributed by atoms with Gasteiger partial charge < -0.3 is 15.2 Å². The van der Waals surface area contributed by atoms with Crippen LogP contribution in [0.25, 0.3) is 0 Å². The fraction of sp³-hybridized carbons (Fsp3) is 0.389. The summed E-state index contributed by atoms with van der Waals surface area (Å²) in [7, 11) is 0. The van der Waals surface area contributed by atoms with Crippen molar-refractivity contribution in [3.63, 3.8) is 0 Å². The largest absolute Gasteiger partial charge is 0.482 e. The second-order valence-electron chi connectivity index (χ2n) is 6.20. The van der Waals surface area contributed by atoms with Crippen LogP contribution >= 0.6 is 0 Å². The van der Waals surface area contributed by atoms with Crippen molar-refractivity contribution in [3.8, 4) is 5.75 Å². The summed E-state index contributed by atoms with van der Waals surface area (Å²) in [6.07, 6.45) is 6.09. The first-order chi connectivity index (χ1) is 12.1. The van der Waals surface area contributed by atoms with Gasteiger partial charge in [0.15, 0.2) is 12.4 Å². The average molecular weight is 343 g/mol. The lowest BCUT2D eigenvalue weighted by molar-refractivity contribution is -0.139. The Morgan fingerprint density at radius 1 is 1.20 bits per heavy atom. The Labute approximate surface area is 145 Å². The van der Waals surface area contributed by atoms with E-state index in [4.69, 9.17) is 9.84 Å². The molecule has 1 aliphatic carbocycles. The highest BCUT2D eigenvalue weighted by atomic mass is 16.5. The molecule has 0 bridgehead atoms.